The molecule has 108 valence electrons. The molecule has 5 nitrogen and oxygen atoms in total. The molecule has 0 fully saturated rings. The summed E-state index contributed by atoms with van der Waals surface area (Å²) in [5, 5.41) is 10.5. The van der Waals surface area contributed by atoms with Crippen LogP contribution in [-0.4, -0.2) is 38.6 Å². The lowest BCUT2D eigenvalue weighted by Gasteiger charge is -2.27. The molecule has 0 bridgehead atoms. The van der Waals surface area contributed by atoms with Gasteiger partial charge in [0.25, 0.3) is 5.91 Å². The van der Waals surface area contributed by atoms with E-state index in [2.05, 4.69) is 21.4 Å². The van der Waals surface area contributed by atoms with Gasteiger partial charge in [-0.15, -0.1) is 11.3 Å². The first-order valence-corrected chi connectivity index (χ1v) is 7.63. The molecule has 0 aliphatic carbocycles. The number of hydrogen-bond acceptors (Lipinski definition) is 4. The number of amides is 1. The zero-order valence-electron chi connectivity index (χ0n) is 11.5. The number of nitrogens with zero attached hydrogens (tertiary/aromatic N) is 3. The number of carbonyl (C=O) groups excluding carboxylic acids is 1. The van der Waals surface area contributed by atoms with Crippen molar-refractivity contribution in [1.82, 2.24) is 14.5 Å². The minimum Gasteiger partial charge on any atom is -0.395 e. The molecule has 1 aliphatic heterocycles. The molecule has 0 atom stereocenters. The molecule has 1 aliphatic rings. The van der Waals surface area contributed by atoms with E-state index in [1.54, 1.807) is 6.20 Å². The largest absolute Gasteiger partial charge is 0.395 e. The summed E-state index contributed by atoms with van der Waals surface area (Å²) in [7, 11) is 0. The summed E-state index contributed by atoms with van der Waals surface area (Å²) in [4.78, 5) is 19.4. The van der Waals surface area contributed by atoms with Crippen molar-refractivity contribution in [3.8, 4) is 11.8 Å². The summed E-state index contributed by atoms with van der Waals surface area (Å²) in [5.41, 5.74) is 0.674. The van der Waals surface area contributed by atoms with Gasteiger partial charge in [-0.25, -0.2) is 4.98 Å². The minimum absolute atomic E-state index is 0.0238. The van der Waals surface area contributed by atoms with Gasteiger partial charge in [-0.2, -0.15) is 0 Å². The number of fused-ring (bicyclic) bond motifs is 1. The molecule has 0 spiro atoms. The molecule has 0 saturated carbocycles. The maximum absolute atomic E-state index is 12.5. The number of carbonyl (C=O) groups is 1. The maximum atomic E-state index is 12.5. The van der Waals surface area contributed by atoms with Gasteiger partial charge in [-0.3, -0.25) is 4.79 Å². The van der Waals surface area contributed by atoms with Crippen molar-refractivity contribution in [2.75, 3.05) is 13.2 Å². The second kappa shape index (κ2) is 6.12. The Labute approximate surface area is 126 Å². The van der Waals surface area contributed by atoms with Crippen LogP contribution in [0.2, 0.25) is 0 Å². The number of rotatable bonds is 2. The van der Waals surface area contributed by atoms with Gasteiger partial charge in [-0.1, -0.05) is 11.8 Å². The van der Waals surface area contributed by atoms with E-state index in [0.717, 1.165) is 17.2 Å². The monoisotopic (exact) mass is 301 g/mol. The minimum atomic E-state index is 0.0238. The lowest BCUT2D eigenvalue weighted by molar-refractivity contribution is 0.0708. The van der Waals surface area contributed by atoms with Crippen molar-refractivity contribution in [3.05, 3.63) is 40.1 Å². The fraction of sp³-hybridized carbons (Fsp3) is 0.333. The van der Waals surface area contributed by atoms with Crippen LogP contribution in [0.25, 0.3) is 0 Å². The molecule has 3 heterocycles. The Morgan fingerprint density at radius 2 is 2.38 bits per heavy atom. The highest BCUT2D eigenvalue weighted by molar-refractivity contribution is 7.10. The standard InChI is InChI=1S/C15H15N3O2S/c19-8-2-1-3-13-9-12(11-21-13)15(20)18-7-6-17-5-4-16-14(17)10-18/h4-5,9,11,19H,2,6-8,10H2. The number of aliphatic hydroxyl groups is 1. The Hall–Kier alpha value is -2.10. The molecular weight excluding hydrogens is 286 g/mol. The zero-order chi connectivity index (χ0) is 14.7. The average molecular weight is 301 g/mol. The first kappa shape index (κ1) is 13.9. The van der Waals surface area contributed by atoms with Crippen LogP contribution in [0.5, 0.6) is 0 Å². The van der Waals surface area contributed by atoms with E-state index in [1.807, 2.05) is 22.5 Å². The van der Waals surface area contributed by atoms with E-state index < -0.39 is 0 Å². The van der Waals surface area contributed by atoms with Crippen LogP contribution < -0.4 is 0 Å². The third kappa shape index (κ3) is 2.99. The van der Waals surface area contributed by atoms with E-state index in [9.17, 15) is 4.79 Å². The van der Waals surface area contributed by atoms with Crippen LogP contribution in [0.15, 0.2) is 23.8 Å². The van der Waals surface area contributed by atoms with Crippen LogP contribution in [0.4, 0.5) is 0 Å². The number of imidazole rings is 1. The number of aliphatic hydroxyl groups excluding tert-OH is 1. The first-order valence-electron chi connectivity index (χ1n) is 6.75. The Morgan fingerprint density at radius 1 is 1.48 bits per heavy atom. The lowest BCUT2D eigenvalue weighted by atomic mass is 10.2. The van der Waals surface area contributed by atoms with Crippen molar-refractivity contribution in [1.29, 1.82) is 0 Å². The third-order valence-electron chi connectivity index (χ3n) is 3.33. The van der Waals surface area contributed by atoms with Gasteiger partial charge >= 0.3 is 0 Å². The smallest absolute Gasteiger partial charge is 0.255 e. The van der Waals surface area contributed by atoms with Gasteiger partial charge in [0.05, 0.1) is 23.6 Å². The van der Waals surface area contributed by atoms with Crippen LogP contribution in [0.1, 0.15) is 27.5 Å². The third-order valence-corrected chi connectivity index (χ3v) is 4.17. The normalized spacial score (nSPS) is 13.5. The Balaban J connectivity index is 1.70. The SMILES string of the molecule is O=C(c1csc(C#CCCO)c1)N1CCn2ccnc2C1. The molecule has 0 radical (unpaired) electrons. The summed E-state index contributed by atoms with van der Waals surface area (Å²) in [6, 6.07) is 1.82. The highest BCUT2D eigenvalue weighted by Gasteiger charge is 2.22. The van der Waals surface area contributed by atoms with Crippen molar-refractivity contribution < 1.29 is 9.90 Å². The summed E-state index contributed by atoms with van der Waals surface area (Å²) in [5.74, 6) is 6.77. The predicted molar refractivity (Wildman–Crippen MR) is 79.9 cm³/mol. The fourth-order valence-electron chi connectivity index (χ4n) is 2.25. The molecule has 6 heteroatoms. The van der Waals surface area contributed by atoms with Crippen LogP contribution in [0, 0.1) is 11.8 Å². The van der Waals surface area contributed by atoms with E-state index in [1.165, 1.54) is 11.3 Å². The van der Waals surface area contributed by atoms with E-state index in [4.69, 9.17) is 5.11 Å². The van der Waals surface area contributed by atoms with Gasteiger partial charge in [0.1, 0.15) is 5.82 Å². The van der Waals surface area contributed by atoms with Gasteiger partial charge < -0.3 is 14.6 Å². The number of thiophene rings is 1. The molecule has 0 aromatic carbocycles. The molecule has 1 amide bonds. The number of hydrogen-bond donors (Lipinski definition) is 1. The Kier molecular flexibility index (Phi) is 4.04. The van der Waals surface area contributed by atoms with Gasteiger partial charge in [0.15, 0.2) is 0 Å². The molecular formula is C15H15N3O2S. The zero-order valence-corrected chi connectivity index (χ0v) is 12.3. The van der Waals surface area contributed by atoms with E-state index >= 15 is 0 Å². The highest BCUT2D eigenvalue weighted by atomic mass is 32.1. The second-order valence-corrected chi connectivity index (χ2v) is 5.65. The first-order chi connectivity index (χ1) is 10.3. The highest BCUT2D eigenvalue weighted by Crippen LogP contribution is 2.18. The lowest BCUT2D eigenvalue weighted by Crippen LogP contribution is -2.38. The van der Waals surface area contributed by atoms with Crippen molar-refractivity contribution in [2.24, 2.45) is 0 Å². The second-order valence-electron chi connectivity index (χ2n) is 4.74. The molecule has 0 saturated heterocycles. The van der Waals surface area contributed by atoms with Crippen molar-refractivity contribution in [3.63, 3.8) is 0 Å². The Bertz CT molecular complexity index is 708. The summed E-state index contributed by atoms with van der Waals surface area (Å²) in [6.45, 7) is 2.09. The Morgan fingerprint density at radius 3 is 3.24 bits per heavy atom. The molecule has 3 rings (SSSR count). The molecule has 2 aromatic heterocycles. The molecule has 21 heavy (non-hydrogen) atoms. The molecule has 0 unspecified atom stereocenters. The molecule has 1 N–H and O–H groups in total. The summed E-state index contributed by atoms with van der Waals surface area (Å²) in [6.07, 6.45) is 4.16. The van der Waals surface area contributed by atoms with Crippen LogP contribution in [-0.2, 0) is 13.1 Å². The quantitative estimate of drug-likeness (QED) is 0.852. The van der Waals surface area contributed by atoms with E-state index in [-0.39, 0.29) is 12.5 Å². The fourth-order valence-corrected chi connectivity index (χ4v) is 3.00. The van der Waals surface area contributed by atoms with Gasteiger partial charge in [-0.05, 0) is 6.07 Å². The predicted octanol–water partition coefficient (Wildman–Crippen LogP) is 1.33. The molecule has 2 aromatic rings. The van der Waals surface area contributed by atoms with Crippen LogP contribution in [0.3, 0.4) is 0 Å². The number of aromatic nitrogens is 2. The van der Waals surface area contributed by atoms with E-state index in [0.29, 0.717) is 25.1 Å². The van der Waals surface area contributed by atoms with Crippen molar-refractivity contribution in [2.45, 2.75) is 19.5 Å². The topological polar surface area (TPSA) is 58.4 Å². The summed E-state index contributed by atoms with van der Waals surface area (Å²) >= 11 is 1.46. The summed E-state index contributed by atoms with van der Waals surface area (Å²) < 4.78 is 2.07. The van der Waals surface area contributed by atoms with Gasteiger partial charge in [0, 0.05) is 37.3 Å². The average Bonchev–Trinajstić information content (AvgIpc) is 3.15. The maximum Gasteiger partial charge on any atom is 0.255 e. The van der Waals surface area contributed by atoms with Gasteiger partial charge in [0.2, 0.25) is 0 Å². The van der Waals surface area contributed by atoms with Crippen molar-refractivity contribution >= 4 is 17.2 Å². The van der Waals surface area contributed by atoms with Crippen LogP contribution >= 0.6 is 11.3 Å².